The van der Waals surface area contributed by atoms with Crippen LogP contribution >= 0.6 is 15.9 Å². The van der Waals surface area contributed by atoms with Crippen LogP contribution in [-0.2, 0) is 30.7 Å². The monoisotopic (exact) mass is 986 g/mol. The van der Waals surface area contributed by atoms with Crippen LogP contribution in [0.5, 0.6) is 11.5 Å². The van der Waals surface area contributed by atoms with E-state index >= 15 is 0 Å². The van der Waals surface area contributed by atoms with Gasteiger partial charge in [-0.05, 0) is 78.7 Å². The first kappa shape index (κ1) is 47.8. The van der Waals surface area contributed by atoms with Gasteiger partial charge in [0.2, 0.25) is 35.2 Å². The van der Waals surface area contributed by atoms with E-state index in [1.165, 1.54) is 16.2 Å². The van der Waals surface area contributed by atoms with Gasteiger partial charge in [0.1, 0.15) is 22.7 Å². The molecule has 6 heterocycles. The van der Waals surface area contributed by atoms with Crippen molar-refractivity contribution in [2.75, 3.05) is 40.3 Å². The molecule has 2 fully saturated rings. The summed E-state index contributed by atoms with van der Waals surface area (Å²) in [6, 6.07) is 25.4. The van der Waals surface area contributed by atoms with Crippen LogP contribution in [0.15, 0.2) is 99.4 Å². The van der Waals surface area contributed by atoms with E-state index in [4.69, 9.17) is 58.8 Å². The number of rotatable bonds is 2. The molecule has 0 bridgehead atoms. The molecule has 68 heavy (non-hydrogen) atoms. The number of guanidine groups is 2. The molecular weight excluding hydrogens is 935 g/mol. The van der Waals surface area contributed by atoms with Gasteiger partial charge in [-0.1, -0.05) is 64.5 Å². The third-order valence-electron chi connectivity index (χ3n) is 12.9. The topological polar surface area (TPSA) is 210 Å². The number of nitrogens with two attached hydrogens (primary N) is 2. The van der Waals surface area contributed by atoms with Gasteiger partial charge in [0.15, 0.2) is 11.4 Å². The lowest BCUT2D eigenvalue weighted by atomic mass is 9.79. The van der Waals surface area contributed by atoms with Crippen molar-refractivity contribution in [1.82, 2.24) is 19.9 Å². The minimum absolute atomic E-state index is 0.0371. The number of likely N-dealkylation sites (tertiary alicyclic amines) is 2. The number of halogens is 1. The summed E-state index contributed by atoms with van der Waals surface area (Å²) in [5.41, 5.74) is 13.9. The quantitative estimate of drug-likeness (QED) is 0.149. The normalized spacial score (nSPS) is 25.3. The summed E-state index contributed by atoms with van der Waals surface area (Å²) in [6.07, 6.45) is 4.34. The number of hydrogen-bond acceptors (Lipinski definition) is 14. The number of nitrogens with zero attached hydrogens (tertiary/aromatic N) is 8. The van der Waals surface area contributed by atoms with Gasteiger partial charge in [-0.3, -0.25) is 9.59 Å². The molecular formula is C48H52BBrN10O8. The fourth-order valence-electron chi connectivity index (χ4n) is 9.76. The first-order valence-corrected chi connectivity index (χ1v) is 22.9. The van der Waals surface area contributed by atoms with E-state index in [9.17, 15) is 9.59 Å². The fourth-order valence-corrected chi connectivity index (χ4v) is 10.1. The SMILES string of the molecule is CC(=O)N1CCCC2(C1)CC1(N=C(N)N(C)O1)c1cc(Br)ccc1O2.[C-]#[N+]c1cccc(-c2ccc3c(c2)C2(CC4(CCCN(C(C)=O)C4)O3)N=C(N)N(C)O2)c1.[C-]#[N+]c1cccc(B(O)O)c1. The Morgan fingerprint density at radius 2 is 1.19 bits per heavy atom. The lowest BCUT2D eigenvalue weighted by molar-refractivity contribution is -0.210. The molecule has 18 nitrogen and oxygen atoms in total. The van der Waals surface area contributed by atoms with E-state index in [0.29, 0.717) is 60.4 Å². The Morgan fingerprint density at radius 1 is 0.706 bits per heavy atom. The predicted molar refractivity (Wildman–Crippen MR) is 258 cm³/mol. The van der Waals surface area contributed by atoms with Crippen molar-refractivity contribution in [3.05, 3.63) is 123 Å². The summed E-state index contributed by atoms with van der Waals surface area (Å²) in [5.74, 6) is 2.14. The van der Waals surface area contributed by atoms with Gasteiger partial charge >= 0.3 is 7.12 Å². The second-order valence-corrected chi connectivity index (χ2v) is 18.7. The molecule has 0 radical (unpaired) electrons. The fraction of sp³-hybridized carbons (Fsp3) is 0.375. The molecule has 0 aromatic heterocycles. The van der Waals surface area contributed by atoms with Crippen LogP contribution in [0.3, 0.4) is 0 Å². The van der Waals surface area contributed by atoms with Crippen LogP contribution in [-0.4, -0.2) is 112 Å². The number of hydrogen-bond donors (Lipinski definition) is 4. The lowest BCUT2D eigenvalue weighted by Crippen LogP contribution is -2.58. The highest BCUT2D eigenvalue weighted by Crippen LogP contribution is 2.53. The third kappa shape index (κ3) is 9.56. The van der Waals surface area contributed by atoms with Gasteiger partial charge < -0.3 is 40.8 Å². The van der Waals surface area contributed by atoms with Crippen LogP contribution in [0.2, 0.25) is 0 Å². The maximum absolute atomic E-state index is 12.1. The van der Waals surface area contributed by atoms with Gasteiger partial charge in [0.25, 0.3) is 0 Å². The summed E-state index contributed by atoms with van der Waals surface area (Å²) < 4.78 is 13.9. The Morgan fingerprint density at radius 3 is 1.68 bits per heavy atom. The van der Waals surface area contributed by atoms with E-state index in [2.05, 4.69) is 30.6 Å². The highest BCUT2D eigenvalue weighted by atomic mass is 79.9. The number of carbonyl (C=O) groups excluding carboxylic acids is 2. The minimum Gasteiger partial charge on any atom is -0.485 e. The molecule has 352 valence electrons. The Hall–Kier alpha value is -6.68. The van der Waals surface area contributed by atoms with Crippen molar-refractivity contribution < 1.29 is 38.8 Å². The highest BCUT2D eigenvalue weighted by molar-refractivity contribution is 9.10. The highest BCUT2D eigenvalue weighted by Gasteiger charge is 2.57. The number of amides is 2. The zero-order chi connectivity index (χ0) is 48.6. The molecule has 0 saturated carbocycles. The van der Waals surface area contributed by atoms with E-state index in [-0.39, 0.29) is 11.8 Å². The zero-order valence-electron chi connectivity index (χ0n) is 38.2. The number of carbonyl (C=O) groups is 2. The van der Waals surface area contributed by atoms with E-state index < -0.39 is 29.8 Å². The molecule has 4 spiro atoms. The van der Waals surface area contributed by atoms with E-state index in [1.807, 2.05) is 64.4 Å². The van der Waals surface area contributed by atoms with Gasteiger partial charge in [0, 0.05) is 58.3 Å². The van der Waals surface area contributed by atoms with Crippen LogP contribution in [0, 0.1) is 13.1 Å². The number of hydroxylamine groups is 4. The van der Waals surface area contributed by atoms with E-state index in [0.717, 1.165) is 71.2 Å². The molecule has 6 aliphatic heterocycles. The summed E-state index contributed by atoms with van der Waals surface area (Å²) in [4.78, 5) is 56.1. The number of fused-ring (bicyclic) bond motifs is 4. The molecule has 2 saturated heterocycles. The first-order valence-electron chi connectivity index (χ1n) is 22.1. The summed E-state index contributed by atoms with van der Waals surface area (Å²) in [7, 11) is 1.99. The molecule has 20 heteroatoms. The number of benzene rings is 4. The smallest absolute Gasteiger partial charge is 0.485 e. The van der Waals surface area contributed by atoms with Crippen LogP contribution in [0.25, 0.3) is 20.8 Å². The number of ether oxygens (including phenoxy) is 2. The van der Waals surface area contributed by atoms with Gasteiger partial charge in [-0.25, -0.2) is 39.5 Å². The minimum atomic E-state index is -1.49. The molecule has 2 amide bonds. The Labute approximate surface area is 403 Å². The predicted octanol–water partition coefficient (Wildman–Crippen LogP) is 5.29. The van der Waals surface area contributed by atoms with Gasteiger partial charge in [-0.15, -0.1) is 0 Å². The Kier molecular flexibility index (Phi) is 13.2. The Bertz CT molecular complexity index is 2780. The molecule has 4 atom stereocenters. The molecule has 4 aromatic carbocycles. The van der Waals surface area contributed by atoms with Crippen molar-refractivity contribution in [2.45, 2.75) is 75.0 Å². The molecule has 4 unspecified atom stereocenters. The molecule has 6 aliphatic rings. The van der Waals surface area contributed by atoms with Crippen molar-refractivity contribution in [2.24, 2.45) is 21.5 Å². The molecule has 4 aromatic rings. The van der Waals surface area contributed by atoms with Crippen molar-refractivity contribution in [3.8, 4) is 22.6 Å². The van der Waals surface area contributed by atoms with Gasteiger partial charge in [-0.2, -0.15) is 0 Å². The van der Waals surface area contributed by atoms with Crippen molar-refractivity contribution in [1.29, 1.82) is 0 Å². The largest absolute Gasteiger partial charge is 0.487 e. The maximum Gasteiger partial charge on any atom is 0.487 e. The number of aliphatic imine (C=N–C) groups is 2. The zero-order valence-corrected chi connectivity index (χ0v) is 39.8. The van der Waals surface area contributed by atoms with Crippen molar-refractivity contribution >= 4 is 63.6 Å². The molecule has 6 N–H and O–H groups in total. The maximum atomic E-state index is 12.1. The van der Waals surface area contributed by atoms with Gasteiger partial charge in [0.05, 0.1) is 37.4 Å². The first-order chi connectivity index (χ1) is 32.4. The summed E-state index contributed by atoms with van der Waals surface area (Å²) >= 11 is 3.51. The average molecular weight is 988 g/mol. The molecule has 10 rings (SSSR count). The van der Waals surface area contributed by atoms with E-state index in [1.54, 1.807) is 52.2 Å². The lowest BCUT2D eigenvalue weighted by Gasteiger charge is -2.49. The van der Waals surface area contributed by atoms with Crippen LogP contribution in [0.1, 0.15) is 63.5 Å². The second-order valence-electron chi connectivity index (χ2n) is 17.8. The third-order valence-corrected chi connectivity index (χ3v) is 13.4. The standard InChI is InChI=1S/C24H25N5O3.C17H21BrN4O3.C7H6BNO2/c1-16(30)29-11-5-10-23(15-29)14-24(27-22(25)28(3)32-24)20-13-18(8-9-21(20)31-23)17-6-4-7-19(12-17)26-2;1-11(23)22-7-3-6-16(10-22)9-17(20-15(19)21(2)25-17)13-8-12(18)4-5-14(13)24-16;1-9-7-4-2-3-6(5-7)8(10)11/h4,6-9,12-13H,5,10-11,14-15H2,1,3H3,(H2,25,27);4-5,8H,3,6-7,9-10H2,1-2H3,(H2,19,20);2-5,10-11H. The second kappa shape index (κ2) is 18.8. The average Bonchev–Trinajstić information content (AvgIpc) is 3.77. The Balaban J connectivity index is 0.000000154. The van der Waals surface area contributed by atoms with Crippen molar-refractivity contribution in [3.63, 3.8) is 0 Å². The number of piperidine rings is 2. The summed E-state index contributed by atoms with van der Waals surface area (Å²) in [5, 5.41) is 20.4. The van der Waals surface area contributed by atoms with Crippen LogP contribution in [0.4, 0.5) is 11.4 Å². The summed E-state index contributed by atoms with van der Waals surface area (Å²) in [6.45, 7) is 19.6. The van der Waals surface area contributed by atoms with Crippen LogP contribution < -0.4 is 26.4 Å². The molecule has 0 aliphatic carbocycles.